The maximum atomic E-state index is 13.0. The summed E-state index contributed by atoms with van der Waals surface area (Å²) < 4.78 is 18.1. The minimum atomic E-state index is -0.330. The van der Waals surface area contributed by atoms with Gasteiger partial charge in [-0.3, -0.25) is 0 Å². The Morgan fingerprint density at radius 2 is 2.15 bits per heavy atom. The second-order valence-corrected chi connectivity index (χ2v) is 2.52. The van der Waals surface area contributed by atoms with Crippen LogP contribution in [0.4, 0.5) is 4.39 Å². The topological polar surface area (TPSA) is 35.2 Å². The van der Waals surface area contributed by atoms with Gasteiger partial charge in [0.25, 0.3) is 0 Å². The van der Waals surface area contributed by atoms with Gasteiger partial charge in [-0.15, -0.1) is 12.4 Å². The van der Waals surface area contributed by atoms with Crippen LogP contribution in [0.15, 0.2) is 18.2 Å². The Bertz CT molecular complexity index is 248. The van der Waals surface area contributed by atoms with Crippen LogP contribution in [0.5, 0.6) is 5.75 Å². The zero-order valence-electron chi connectivity index (χ0n) is 7.42. The first-order chi connectivity index (χ1) is 5.75. The molecule has 0 aliphatic rings. The van der Waals surface area contributed by atoms with Crippen molar-refractivity contribution in [2.45, 2.75) is 6.92 Å². The van der Waals surface area contributed by atoms with E-state index in [1.54, 1.807) is 19.1 Å². The second kappa shape index (κ2) is 5.78. The molecular weight excluding hydrogens is 193 g/mol. The zero-order valence-corrected chi connectivity index (χ0v) is 8.23. The number of rotatable bonds is 3. The van der Waals surface area contributed by atoms with E-state index < -0.39 is 0 Å². The first-order valence-corrected chi connectivity index (χ1v) is 3.83. The van der Waals surface area contributed by atoms with Gasteiger partial charge in [0, 0.05) is 6.54 Å². The fourth-order valence-corrected chi connectivity index (χ4v) is 0.960. The molecule has 1 rings (SSSR count). The number of hydrogen-bond donors (Lipinski definition) is 1. The molecule has 2 nitrogen and oxygen atoms in total. The summed E-state index contributed by atoms with van der Waals surface area (Å²) in [5, 5.41) is 0. The van der Waals surface area contributed by atoms with E-state index in [0.717, 1.165) is 5.56 Å². The fraction of sp³-hybridized carbons (Fsp3) is 0.333. The highest BCUT2D eigenvalue weighted by molar-refractivity contribution is 5.85. The maximum absolute atomic E-state index is 13.0. The minimum absolute atomic E-state index is 0. The van der Waals surface area contributed by atoms with Crippen LogP contribution in [0.2, 0.25) is 0 Å². The molecule has 0 aromatic heterocycles. The van der Waals surface area contributed by atoms with Crippen molar-refractivity contribution in [2.75, 3.05) is 13.2 Å². The van der Waals surface area contributed by atoms with Crippen LogP contribution in [0.3, 0.4) is 0 Å². The second-order valence-electron chi connectivity index (χ2n) is 2.52. The van der Waals surface area contributed by atoms with E-state index in [2.05, 4.69) is 0 Å². The van der Waals surface area contributed by atoms with Crippen LogP contribution in [-0.4, -0.2) is 13.2 Å². The number of halogens is 2. The van der Waals surface area contributed by atoms with E-state index in [1.807, 2.05) is 0 Å². The van der Waals surface area contributed by atoms with Gasteiger partial charge in [0.2, 0.25) is 0 Å². The summed E-state index contributed by atoms with van der Waals surface area (Å²) in [4.78, 5) is 0. The molecule has 2 N–H and O–H groups in total. The smallest absolute Gasteiger partial charge is 0.165 e. The quantitative estimate of drug-likeness (QED) is 0.818. The van der Waals surface area contributed by atoms with E-state index in [4.69, 9.17) is 10.5 Å². The molecule has 0 heterocycles. The molecule has 0 aliphatic carbocycles. The Morgan fingerprint density at radius 1 is 1.46 bits per heavy atom. The monoisotopic (exact) mass is 205 g/mol. The standard InChI is InChI=1S/C9H12FNO.ClH/c1-7-3-2-4-8(10)9(7)12-6-5-11;/h2-4H,5-6,11H2,1H3;1H. The van der Waals surface area contributed by atoms with E-state index >= 15 is 0 Å². The lowest BCUT2D eigenvalue weighted by Gasteiger charge is -2.07. The first kappa shape index (κ1) is 12.2. The van der Waals surface area contributed by atoms with Crippen LogP contribution in [-0.2, 0) is 0 Å². The SMILES string of the molecule is Cc1cccc(F)c1OCCN.Cl. The lowest BCUT2D eigenvalue weighted by molar-refractivity contribution is 0.309. The highest BCUT2D eigenvalue weighted by Crippen LogP contribution is 2.20. The van der Waals surface area contributed by atoms with Crippen LogP contribution in [0, 0.1) is 12.7 Å². The van der Waals surface area contributed by atoms with Gasteiger partial charge in [-0.1, -0.05) is 12.1 Å². The summed E-state index contributed by atoms with van der Waals surface area (Å²) in [5.41, 5.74) is 6.02. The fourth-order valence-electron chi connectivity index (χ4n) is 0.960. The lowest BCUT2D eigenvalue weighted by atomic mass is 10.2. The highest BCUT2D eigenvalue weighted by atomic mass is 35.5. The third-order valence-corrected chi connectivity index (χ3v) is 1.53. The predicted octanol–water partition coefficient (Wildman–Crippen LogP) is 1.89. The van der Waals surface area contributed by atoms with E-state index in [1.165, 1.54) is 6.07 Å². The normalized spacial score (nSPS) is 9.15. The largest absolute Gasteiger partial charge is 0.489 e. The van der Waals surface area contributed by atoms with Crippen LogP contribution < -0.4 is 10.5 Å². The van der Waals surface area contributed by atoms with E-state index in [0.29, 0.717) is 18.9 Å². The van der Waals surface area contributed by atoms with Crippen molar-refractivity contribution in [1.29, 1.82) is 0 Å². The number of nitrogens with two attached hydrogens (primary N) is 1. The van der Waals surface area contributed by atoms with Gasteiger partial charge in [-0.2, -0.15) is 0 Å². The molecule has 0 radical (unpaired) electrons. The van der Waals surface area contributed by atoms with Crippen molar-refractivity contribution >= 4 is 12.4 Å². The third kappa shape index (κ3) is 3.20. The van der Waals surface area contributed by atoms with E-state index in [9.17, 15) is 4.39 Å². The number of aryl methyl sites for hydroxylation is 1. The average Bonchev–Trinajstić information content (AvgIpc) is 2.04. The summed E-state index contributed by atoms with van der Waals surface area (Å²) in [7, 11) is 0. The molecule has 0 amide bonds. The van der Waals surface area contributed by atoms with Gasteiger partial charge in [0.1, 0.15) is 6.61 Å². The van der Waals surface area contributed by atoms with Crippen molar-refractivity contribution in [2.24, 2.45) is 5.73 Å². The molecule has 0 aliphatic heterocycles. The van der Waals surface area contributed by atoms with Crippen LogP contribution in [0.1, 0.15) is 5.56 Å². The highest BCUT2D eigenvalue weighted by Gasteiger charge is 2.04. The van der Waals surface area contributed by atoms with Crippen molar-refractivity contribution in [3.63, 3.8) is 0 Å². The Balaban J connectivity index is 0.00000144. The maximum Gasteiger partial charge on any atom is 0.165 e. The molecule has 74 valence electrons. The zero-order chi connectivity index (χ0) is 8.97. The molecule has 0 spiro atoms. The minimum Gasteiger partial charge on any atom is -0.489 e. The van der Waals surface area contributed by atoms with Crippen molar-refractivity contribution < 1.29 is 9.13 Å². The molecule has 13 heavy (non-hydrogen) atoms. The summed E-state index contributed by atoms with van der Waals surface area (Å²) in [6.45, 7) is 2.55. The Morgan fingerprint density at radius 3 is 2.69 bits per heavy atom. The molecule has 1 aromatic rings. The van der Waals surface area contributed by atoms with Crippen molar-refractivity contribution in [3.8, 4) is 5.75 Å². The summed E-state index contributed by atoms with van der Waals surface area (Å²) in [6, 6.07) is 4.83. The summed E-state index contributed by atoms with van der Waals surface area (Å²) in [6.07, 6.45) is 0. The van der Waals surface area contributed by atoms with Gasteiger partial charge in [-0.25, -0.2) is 4.39 Å². The van der Waals surface area contributed by atoms with Gasteiger partial charge in [0.15, 0.2) is 11.6 Å². The van der Waals surface area contributed by atoms with Crippen LogP contribution in [0.25, 0.3) is 0 Å². The molecular formula is C9H13ClFNO. The molecule has 0 fully saturated rings. The Hall–Kier alpha value is -0.800. The van der Waals surface area contributed by atoms with Crippen molar-refractivity contribution in [3.05, 3.63) is 29.6 Å². The third-order valence-electron chi connectivity index (χ3n) is 1.53. The van der Waals surface area contributed by atoms with Gasteiger partial charge >= 0.3 is 0 Å². The number of para-hydroxylation sites is 1. The summed E-state index contributed by atoms with van der Waals surface area (Å²) >= 11 is 0. The Labute approximate surface area is 83.3 Å². The molecule has 1 aromatic carbocycles. The van der Waals surface area contributed by atoms with Gasteiger partial charge in [-0.05, 0) is 18.6 Å². The first-order valence-electron chi connectivity index (χ1n) is 3.83. The molecule has 0 bridgehead atoms. The van der Waals surface area contributed by atoms with Crippen LogP contribution >= 0.6 is 12.4 Å². The van der Waals surface area contributed by atoms with Gasteiger partial charge < -0.3 is 10.5 Å². The predicted molar refractivity (Wildman–Crippen MR) is 52.9 cm³/mol. The van der Waals surface area contributed by atoms with E-state index in [-0.39, 0.29) is 18.2 Å². The molecule has 4 heteroatoms. The van der Waals surface area contributed by atoms with Crippen molar-refractivity contribution in [1.82, 2.24) is 0 Å². The molecule has 0 unspecified atom stereocenters. The number of hydrogen-bond acceptors (Lipinski definition) is 2. The molecule has 0 saturated heterocycles. The van der Waals surface area contributed by atoms with Gasteiger partial charge in [0.05, 0.1) is 0 Å². The lowest BCUT2D eigenvalue weighted by Crippen LogP contribution is -2.11. The average molecular weight is 206 g/mol. The Kier molecular flexibility index (Phi) is 5.42. The number of benzene rings is 1. The number of ether oxygens (including phenoxy) is 1. The molecule has 0 atom stereocenters. The molecule has 0 saturated carbocycles. The summed E-state index contributed by atoms with van der Waals surface area (Å²) in [5.74, 6) is -0.0219.